The molecule has 106 valence electrons. The van der Waals surface area contributed by atoms with Crippen molar-refractivity contribution in [3.05, 3.63) is 59.1 Å². The average molecular weight is 272 g/mol. The lowest BCUT2D eigenvalue weighted by atomic mass is 9.98. The zero-order chi connectivity index (χ0) is 15.1. The Morgan fingerprint density at radius 3 is 2.75 bits per heavy atom. The van der Waals surface area contributed by atoms with Gasteiger partial charge in [0.2, 0.25) is 0 Å². The Balaban J connectivity index is 2.80. The predicted molar refractivity (Wildman–Crippen MR) is 80.7 cm³/mol. The van der Waals surface area contributed by atoms with Gasteiger partial charge >= 0.3 is 0 Å². The van der Waals surface area contributed by atoms with Crippen LogP contribution in [0.2, 0.25) is 0 Å². The largest absolute Gasteiger partial charge is 0.391 e. The number of nitrogens with zero attached hydrogens (tertiary/aromatic N) is 1. The summed E-state index contributed by atoms with van der Waals surface area (Å²) in [5.41, 5.74) is 3.22. The lowest BCUT2D eigenvalue weighted by Gasteiger charge is -2.11. The zero-order valence-electron chi connectivity index (χ0n) is 12.3. The molecule has 0 aromatic heterocycles. The molecular formula is C17H21FN2. The number of rotatable bonds is 6. The molecule has 0 aliphatic heterocycles. The van der Waals surface area contributed by atoms with Gasteiger partial charge in [0.25, 0.3) is 0 Å². The molecule has 1 rings (SSSR count). The minimum atomic E-state index is -0.147. The van der Waals surface area contributed by atoms with Crippen LogP contribution in [-0.4, -0.2) is 7.05 Å². The van der Waals surface area contributed by atoms with Crippen molar-refractivity contribution < 1.29 is 4.39 Å². The molecule has 3 heteroatoms. The maximum absolute atomic E-state index is 13.6. The van der Waals surface area contributed by atoms with Gasteiger partial charge in [0.15, 0.2) is 0 Å². The maximum atomic E-state index is 13.6. The first-order chi connectivity index (χ1) is 9.47. The summed E-state index contributed by atoms with van der Waals surface area (Å²) in [7, 11) is 1.82. The van der Waals surface area contributed by atoms with E-state index < -0.39 is 0 Å². The number of benzene rings is 1. The number of nitriles is 1. The molecule has 0 aliphatic rings. The van der Waals surface area contributed by atoms with Crippen LogP contribution < -0.4 is 5.32 Å². The summed E-state index contributed by atoms with van der Waals surface area (Å²) >= 11 is 0. The third-order valence-corrected chi connectivity index (χ3v) is 3.18. The summed E-state index contributed by atoms with van der Waals surface area (Å²) in [5, 5.41) is 11.8. The van der Waals surface area contributed by atoms with E-state index in [2.05, 4.69) is 11.9 Å². The normalized spacial score (nSPS) is 11.3. The topological polar surface area (TPSA) is 35.8 Å². The van der Waals surface area contributed by atoms with Crippen LogP contribution in [0.25, 0.3) is 0 Å². The molecule has 0 fully saturated rings. The fourth-order valence-corrected chi connectivity index (χ4v) is 1.98. The smallest absolute Gasteiger partial charge is 0.126 e. The van der Waals surface area contributed by atoms with E-state index in [1.807, 2.05) is 39.1 Å². The lowest BCUT2D eigenvalue weighted by Crippen LogP contribution is -2.07. The van der Waals surface area contributed by atoms with Crippen LogP contribution in [0.15, 0.2) is 42.1 Å². The van der Waals surface area contributed by atoms with Crippen LogP contribution >= 0.6 is 0 Å². The first-order valence-corrected chi connectivity index (χ1v) is 6.73. The van der Waals surface area contributed by atoms with Gasteiger partial charge < -0.3 is 5.32 Å². The second-order valence-corrected chi connectivity index (χ2v) is 5.07. The van der Waals surface area contributed by atoms with Crippen molar-refractivity contribution in [2.45, 2.75) is 32.6 Å². The summed E-state index contributed by atoms with van der Waals surface area (Å²) < 4.78 is 13.6. The van der Waals surface area contributed by atoms with Gasteiger partial charge in [-0.3, -0.25) is 0 Å². The second-order valence-electron chi connectivity index (χ2n) is 5.07. The van der Waals surface area contributed by atoms with Crippen molar-refractivity contribution in [1.82, 2.24) is 5.32 Å². The Bertz CT molecular complexity index is 551. The van der Waals surface area contributed by atoms with Crippen LogP contribution in [0.4, 0.5) is 4.39 Å². The van der Waals surface area contributed by atoms with Crippen LogP contribution in [-0.2, 0) is 6.42 Å². The molecule has 0 atom stereocenters. The number of hydrogen-bond acceptors (Lipinski definition) is 2. The summed E-state index contributed by atoms with van der Waals surface area (Å²) in [4.78, 5) is 0. The molecular weight excluding hydrogens is 251 g/mol. The Labute approximate surface area is 120 Å². The van der Waals surface area contributed by atoms with Crippen LogP contribution in [0.1, 0.15) is 37.3 Å². The monoisotopic (exact) mass is 272 g/mol. The second kappa shape index (κ2) is 7.49. The maximum Gasteiger partial charge on any atom is 0.126 e. The minimum Gasteiger partial charge on any atom is -0.391 e. The van der Waals surface area contributed by atoms with Gasteiger partial charge in [-0.05, 0) is 42.0 Å². The molecule has 0 spiro atoms. The van der Waals surface area contributed by atoms with Crippen molar-refractivity contribution in [3.8, 4) is 6.07 Å². The molecule has 1 N–H and O–H groups in total. The third-order valence-electron chi connectivity index (χ3n) is 3.18. The van der Waals surface area contributed by atoms with E-state index >= 15 is 0 Å². The Morgan fingerprint density at radius 1 is 1.50 bits per heavy atom. The number of hydrogen-bond donors (Lipinski definition) is 1. The molecule has 1 aromatic rings. The van der Waals surface area contributed by atoms with E-state index in [0.29, 0.717) is 5.57 Å². The van der Waals surface area contributed by atoms with Gasteiger partial charge in [0.1, 0.15) is 5.82 Å². The van der Waals surface area contributed by atoms with E-state index in [9.17, 15) is 4.39 Å². The third kappa shape index (κ3) is 4.55. The van der Waals surface area contributed by atoms with Crippen molar-refractivity contribution in [2.75, 3.05) is 7.05 Å². The molecule has 0 aliphatic carbocycles. The molecule has 0 heterocycles. The highest BCUT2D eigenvalue weighted by Crippen LogP contribution is 2.21. The molecule has 1 aromatic carbocycles. The average Bonchev–Trinajstić information content (AvgIpc) is 2.44. The summed E-state index contributed by atoms with van der Waals surface area (Å²) in [6.07, 6.45) is 3.30. The first kappa shape index (κ1) is 16.0. The molecule has 0 radical (unpaired) electrons. The predicted octanol–water partition coefficient (Wildman–Crippen LogP) is 4.06. The summed E-state index contributed by atoms with van der Waals surface area (Å²) in [6, 6.07) is 7.26. The highest BCUT2D eigenvalue weighted by atomic mass is 19.1. The molecule has 0 saturated heterocycles. The molecule has 0 amide bonds. The number of aryl methyl sites for hydroxylation is 1. The van der Waals surface area contributed by atoms with E-state index in [0.717, 1.165) is 29.7 Å². The quantitative estimate of drug-likeness (QED) is 0.626. The van der Waals surface area contributed by atoms with Gasteiger partial charge in [-0.1, -0.05) is 32.6 Å². The van der Waals surface area contributed by atoms with Gasteiger partial charge in [-0.15, -0.1) is 0 Å². The fraction of sp³-hybridized carbons (Fsp3) is 0.353. The van der Waals surface area contributed by atoms with Crippen molar-refractivity contribution in [3.63, 3.8) is 0 Å². The molecule has 20 heavy (non-hydrogen) atoms. The van der Waals surface area contributed by atoms with E-state index in [1.54, 1.807) is 6.08 Å². The number of halogens is 1. The summed E-state index contributed by atoms with van der Waals surface area (Å²) in [6.45, 7) is 7.61. The highest BCUT2D eigenvalue weighted by molar-refractivity contribution is 5.33. The van der Waals surface area contributed by atoms with Crippen molar-refractivity contribution in [2.24, 2.45) is 0 Å². The van der Waals surface area contributed by atoms with Gasteiger partial charge in [0.05, 0.1) is 6.07 Å². The van der Waals surface area contributed by atoms with Gasteiger partial charge in [-0.25, -0.2) is 4.39 Å². The van der Waals surface area contributed by atoms with Gasteiger partial charge in [-0.2, -0.15) is 5.26 Å². The number of nitrogens with one attached hydrogen (secondary N) is 1. The highest BCUT2D eigenvalue weighted by Gasteiger charge is 2.08. The first-order valence-electron chi connectivity index (χ1n) is 6.73. The van der Waals surface area contributed by atoms with Gasteiger partial charge in [0, 0.05) is 18.3 Å². The Hall–Kier alpha value is -2.08. The molecule has 0 bridgehead atoms. The Morgan fingerprint density at radius 2 is 2.20 bits per heavy atom. The SMILES string of the molecule is C=C(C#N)/C=C(/CCc1ccc(F)c(C(C)C)c1)NC. The Kier molecular flexibility index (Phi) is 5.99. The molecule has 0 saturated carbocycles. The lowest BCUT2D eigenvalue weighted by molar-refractivity contribution is 0.597. The van der Waals surface area contributed by atoms with Crippen LogP contribution in [0.3, 0.4) is 0 Å². The fourth-order valence-electron chi connectivity index (χ4n) is 1.98. The number of allylic oxidation sites excluding steroid dienone is 3. The molecule has 2 nitrogen and oxygen atoms in total. The van der Waals surface area contributed by atoms with Crippen molar-refractivity contribution in [1.29, 1.82) is 5.26 Å². The van der Waals surface area contributed by atoms with E-state index in [4.69, 9.17) is 5.26 Å². The van der Waals surface area contributed by atoms with E-state index in [1.165, 1.54) is 6.07 Å². The molecule has 0 unspecified atom stereocenters. The summed E-state index contributed by atoms with van der Waals surface area (Å²) in [5.74, 6) is 0.0265. The van der Waals surface area contributed by atoms with Crippen molar-refractivity contribution >= 4 is 0 Å². The standard InChI is InChI=1S/C17H21FN2/c1-12(2)16-10-14(6-8-17(16)18)5-7-15(20-4)9-13(3)11-19/h6,8-10,12,20H,3,5,7H2,1-2,4H3/b15-9-. The zero-order valence-corrected chi connectivity index (χ0v) is 12.3. The van der Waals surface area contributed by atoms with E-state index in [-0.39, 0.29) is 11.7 Å². The van der Waals surface area contributed by atoms with Crippen LogP contribution in [0.5, 0.6) is 0 Å². The van der Waals surface area contributed by atoms with Crippen LogP contribution in [0, 0.1) is 17.1 Å². The minimum absolute atomic E-state index is 0.147.